The first-order valence-electron chi connectivity index (χ1n) is 7.14. The number of benzene rings is 1. The highest BCUT2D eigenvalue weighted by atomic mass is 35.5. The highest BCUT2D eigenvalue weighted by molar-refractivity contribution is 6.17. The smallest absolute Gasteiger partial charge is 0.111 e. The van der Waals surface area contributed by atoms with Crippen molar-refractivity contribution in [1.29, 1.82) is 0 Å². The number of hydrogen-bond donors (Lipinski definition) is 0. The monoisotopic (exact) mass is 303 g/mol. The second-order valence-electron chi connectivity index (χ2n) is 5.13. The Bertz CT molecular complexity index is 717. The van der Waals surface area contributed by atoms with Crippen molar-refractivity contribution in [3.63, 3.8) is 0 Å². The largest absolute Gasteiger partial charge is 0.328 e. The second-order valence-corrected chi connectivity index (χ2v) is 5.51. The van der Waals surface area contributed by atoms with Gasteiger partial charge in [0.05, 0.1) is 17.2 Å². The average molecular weight is 304 g/mol. The van der Waals surface area contributed by atoms with E-state index in [1.54, 1.807) is 6.20 Å². The van der Waals surface area contributed by atoms with Crippen LogP contribution in [0.3, 0.4) is 0 Å². The molecule has 0 aliphatic heterocycles. The number of alkyl halides is 1. The van der Waals surface area contributed by atoms with Gasteiger partial charge in [-0.2, -0.15) is 0 Å². The fourth-order valence-electron chi connectivity index (χ4n) is 2.56. The summed E-state index contributed by atoms with van der Waals surface area (Å²) >= 11 is 5.91. The predicted molar refractivity (Wildman–Crippen MR) is 83.5 cm³/mol. The van der Waals surface area contributed by atoms with Crippen LogP contribution in [0.25, 0.3) is 11.0 Å². The van der Waals surface area contributed by atoms with Gasteiger partial charge >= 0.3 is 0 Å². The molecule has 0 aliphatic carbocycles. The zero-order chi connectivity index (χ0) is 14.7. The molecule has 0 saturated heterocycles. The molecule has 0 bridgehead atoms. The molecule has 3 aromatic rings. The van der Waals surface area contributed by atoms with Gasteiger partial charge in [-0.25, -0.2) is 4.98 Å². The van der Waals surface area contributed by atoms with Crippen molar-refractivity contribution < 1.29 is 0 Å². The third-order valence-electron chi connectivity index (χ3n) is 3.54. The summed E-state index contributed by atoms with van der Waals surface area (Å²) in [5, 5.41) is 7.81. The lowest BCUT2D eigenvalue weighted by atomic mass is 10.2. The van der Waals surface area contributed by atoms with E-state index >= 15 is 0 Å². The van der Waals surface area contributed by atoms with Crippen LogP contribution in [0.15, 0.2) is 30.6 Å². The molecule has 0 aliphatic rings. The standard InChI is InChI=1S/C15H18ClN5/c1-12-3-4-14-13(11-12)18-15(5-6-16)21(14)9-2-8-20-10-7-17-19-20/h3-4,7,10-11H,2,5-6,8-9H2,1H3. The minimum atomic E-state index is 0.589. The van der Waals surface area contributed by atoms with E-state index in [2.05, 4.69) is 40.0 Å². The molecule has 0 spiro atoms. The van der Waals surface area contributed by atoms with E-state index in [-0.39, 0.29) is 0 Å². The molecule has 110 valence electrons. The number of imidazole rings is 1. The van der Waals surface area contributed by atoms with Gasteiger partial charge in [-0.1, -0.05) is 11.3 Å². The van der Waals surface area contributed by atoms with E-state index in [0.29, 0.717) is 5.88 Å². The van der Waals surface area contributed by atoms with Crippen LogP contribution in [0.1, 0.15) is 17.8 Å². The first-order valence-corrected chi connectivity index (χ1v) is 7.67. The summed E-state index contributed by atoms with van der Waals surface area (Å²) in [7, 11) is 0. The molecular weight excluding hydrogens is 286 g/mol. The summed E-state index contributed by atoms with van der Waals surface area (Å²) in [6.07, 6.45) is 5.36. The lowest BCUT2D eigenvalue weighted by Gasteiger charge is -2.08. The van der Waals surface area contributed by atoms with Crippen LogP contribution in [0.5, 0.6) is 0 Å². The normalized spacial score (nSPS) is 11.3. The lowest BCUT2D eigenvalue weighted by molar-refractivity contribution is 0.512. The van der Waals surface area contributed by atoms with Crippen LogP contribution in [0.4, 0.5) is 0 Å². The first-order chi connectivity index (χ1) is 10.3. The van der Waals surface area contributed by atoms with Gasteiger partial charge in [0.15, 0.2) is 0 Å². The molecule has 0 fully saturated rings. The maximum Gasteiger partial charge on any atom is 0.111 e. The molecule has 0 radical (unpaired) electrons. The number of fused-ring (bicyclic) bond motifs is 1. The van der Waals surface area contributed by atoms with Gasteiger partial charge in [0, 0.05) is 31.6 Å². The molecule has 0 atom stereocenters. The van der Waals surface area contributed by atoms with Crippen molar-refractivity contribution in [3.05, 3.63) is 42.0 Å². The fourth-order valence-corrected chi connectivity index (χ4v) is 2.73. The van der Waals surface area contributed by atoms with E-state index in [0.717, 1.165) is 37.3 Å². The van der Waals surface area contributed by atoms with E-state index in [9.17, 15) is 0 Å². The first kappa shape index (κ1) is 14.1. The quantitative estimate of drug-likeness (QED) is 0.658. The zero-order valence-corrected chi connectivity index (χ0v) is 12.8. The van der Waals surface area contributed by atoms with E-state index < -0.39 is 0 Å². The topological polar surface area (TPSA) is 48.5 Å². The Morgan fingerprint density at radius 3 is 2.90 bits per heavy atom. The van der Waals surface area contributed by atoms with Crippen LogP contribution in [-0.2, 0) is 19.5 Å². The van der Waals surface area contributed by atoms with Crippen molar-refractivity contribution in [2.45, 2.75) is 32.9 Å². The van der Waals surface area contributed by atoms with Gasteiger partial charge in [-0.05, 0) is 31.0 Å². The van der Waals surface area contributed by atoms with Crippen molar-refractivity contribution in [2.75, 3.05) is 5.88 Å². The van der Waals surface area contributed by atoms with Gasteiger partial charge in [-0.3, -0.25) is 4.68 Å². The molecule has 0 amide bonds. The van der Waals surface area contributed by atoms with Crippen molar-refractivity contribution in [1.82, 2.24) is 24.5 Å². The Hall–Kier alpha value is -1.88. The van der Waals surface area contributed by atoms with Gasteiger partial charge in [0.1, 0.15) is 5.82 Å². The maximum atomic E-state index is 5.91. The van der Waals surface area contributed by atoms with Crippen LogP contribution in [-0.4, -0.2) is 30.4 Å². The van der Waals surface area contributed by atoms with Gasteiger partial charge in [0.25, 0.3) is 0 Å². The lowest BCUT2D eigenvalue weighted by Crippen LogP contribution is -2.08. The number of hydrogen-bond acceptors (Lipinski definition) is 3. The van der Waals surface area contributed by atoms with Crippen molar-refractivity contribution in [2.24, 2.45) is 0 Å². The minimum Gasteiger partial charge on any atom is -0.328 e. The Morgan fingerprint density at radius 2 is 2.14 bits per heavy atom. The van der Waals surface area contributed by atoms with E-state index in [1.165, 1.54) is 11.1 Å². The third kappa shape index (κ3) is 3.08. The Balaban J connectivity index is 1.82. The summed E-state index contributed by atoms with van der Waals surface area (Å²) in [6, 6.07) is 6.40. The zero-order valence-electron chi connectivity index (χ0n) is 12.0. The summed E-state index contributed by atoms with van der Waals surface area (Å²) in [5.74, 6) is 1.65. The van der Waals surface area contributed by atoms with Crippen LogP contribution in [0, 0.1) is 6.92 Å². The van der Waals surface area contributed by atoms with Gasteiger partial charge < -0.3 is 4.57 Å². The van der Waals surface area contributed by atoms with Crippen LogP contribution in [0.2, 0.25) is 0 Å². The molecule has 21 heavy (non-hydrogen) atoms. The molecule has 3 rings (SSSR count). The van der Waals surface area contributed by atoms with E-state index in [4.69, 9.17) is 16.6 Å². The molecule has 0 saturated carbocycles. The van der Waals surface area contributed by atoms with Gasteiger partial charge in [0.2, 0.25) is 0 Å². The molecule has 5 nitrogen and oxygen atoms in total. The summed E-state index contributed by atoms with van der Waals surface area (Å²) in [5.41, 5.74) is 3.46. The summed E-state index contributed by atoms with van der Waals surface area (Å²) in [4.78, 5) is 4.72. The minimum absolute atomic E-state index is 0.589. The highest BCUT2D eigenvalue weighted by Crippen LogP contribution is 2.19. The molecule has 2 aromatic heterocycles. The maximum absolute atomic E-state index is 5.91. The Morgan fingerprint density at radius 1 is 1.24 bits per heavy atom. The van der Waals surface area contributed by atoms with Crippen molar-refractivity contribution in [3.8, 4) is 0 Å². The average Bonchev–Trinajstić information content (AvgIpc) is 3.08. The van der Waals surface area contributed by atoms with Gasteiger partial charge in [-0.15, -0.1) is 16.7 Å². The van der Waals surface area contributed by atoms with E-state index in [1.807, 2.05) is 10.9 Å². The molecule has 1 aromatic carbocycles. The number of rotatable bonds is 6. The van der Waals surface area contributed by atoms with Crippen LogP contribution >= 0.6 is 11.6 Å². The predicted octanol–water partition coefficient (Wildman–Crippen LogP) is 2.81. The molecule has 2 heterocycles. The van der Waals surface area contributed by atoms with Crippen LogP contribution < -0.4 is 0 Å². The summed E-state index contributed by atoms with van der Waals surface area (Å²) in [6.45, 7) is 3.85. The second kappa shape index (κ2) is 6.26. The van der Waals surface area contributed by atoms with Crippen molar-refractivity contribution >= 4 is 22.6 Å². The Labute approximate surface area is 128 Å². The molecular formula is C15H18ClN5. The number of aryl methyl sites for hydroxylation is 4. The molecule has 6 heteroatoms. The SMILES string of the molecule is Cc1ccc2c(c1)nc(CCCl)n2CCCn1ccnn1. The Kier molecular flexibility index (Phi) is 4.20. The highest BCUT2D eigenvalue weighted by Gasteiger charge is 2.10. The third-order valence-corrected chi connectivity index (χ3v) is 3.73. The molecule has 0 N–H and O–H groups in total. The number of nitrogens with zero attached hydrogens (tertiary/aromatic N) is 5. The molecule has 0 unspecified atom stereocenters. The number of aromatic nitrogens is 5. The fraction of sp³-hybridized carbons (Fsp3) is 0.400. The number of halogens is 1. The summed E-state index contributed by atoms with van der Waals surface area (Å²) < 4.78 is 4.12.